The summed E-state index contributed by atoms with van der Waals surface area (Å²) in [5.41, 5.74) is 3.52. The molecule has 146 valence electrons. The molecule has 0 N–H and O–H groups in total. The predicted octanol–water partition coefficient (Wildman–Crippen LogP) is 6.42. The molecule has 0 aliphatic carbocycles. The molecule has 0 atom stereocenters. The van der Waals surface area contributed by atoms with Crippen LogP contribution in [-0.4, -0.2) is 32.1 Å². The molecule has 0 amide bonds. The fraction of sp³-hybridized carbons (Fsp3) is 0.200. The molecular weight excluding hydrogens is 378 g/mol. The molecule has 0 unspecified atom stereocenters. The molecule has 0 radical (unpaired) electrons. The Morgan fingerprint density at radius 2 is 1.59 bits per heavy atom. The highest BCUT2D eigenvalue weighted by Crippen LogP contribution is 2.51. The van der Waals surface area contributed by atoms with Crippen LogP contribution in [0.25, 0.3) is 32.3 Å². The molecule has 3 aromatic carbocycles. The third-order valence-electron chi connectivity index (χ3n) is 5.20. The van der Waals surface area contributed by atoms with Crippen LogP contribution in [0.5, 0.6) is 11.5 Å². The molecule has 29 heavy (non-hydrogen) atoms. The van der Waals surface area contributed by atoms with Crippen molar-refractivity contribution in [2.24, 2.45) is 0 Å². The van der Waals surface area contributed by atoms with Crippen LogP contribution < -0.4 is 4.74 Å². The highest BCUT2D eigenvalue weighted by atomic mass is 32.1. The maximum atomic E-state index is 6.39. The molecule has 0 saturated heterocycles. The summed E-state index contributed by atoms with van der Waals surface area (Å²) >= 11 is 1.80. The van der Waals surface area contributed by atoms with Crippen LogP contribution in [0.2, 0.25) is 0 Å². The average molecular weight is 402 g/mol. The Kier molecular flexibility index (Phi) is 4.84. The maximum Gasteiger partial charge on any atom is 0.136 e. The first-order valence-corrected chi connectivity index (χ1v) is 10.7. The molecule has 1 aromatic heterocycles. The van der Waals surface area contributed by atoms with Crippen LogP contribution in [0.4, 0.5) is 0 Å². The topological polar surface area (TPSA) is 21.7 Å². The van der Waals surface area contributed by atoms with Crippen LogP contribution in [0.1, 0.15) is 4.88 Å². The van der Waals surface area contributed by atoms with Crippen molar-refractivity contribution in [1.29, 1.82) is 0 Å². The fourth-order valence-corrected chi connectivity index (χ4v) is 4.84. The summed E-state index contributed by atoms with van der Waals surface area (Å²) in [4.78, 5) is 4.63. The van der Waals surface area contributed by atoms with Gasteiger partial charge in [0.1, 0.15) is 11.5 Å². The van der Waals surface area contributed by atoms with Gasteiger partial charge in [-0.1, -0.05) is 42.5 Å². The van der Waals surface area contributed by atoms with E-state index in [9.17, 15) is 0 Å². The largest absolute Gasteiger partial charge is 0.456 e. The summed E-state index contributed by atoms with van der Waals surface area (Å²) in [6.45, 7) is 2.30. The van der Waals surface area contributed by atoms with Gasteiger partial charge in [0.25, 0.3) is 0 Å². The van der Waals surface area contributed by atoms with E-state index < -0.39 is 0 Å². The van der Waals surface area contributed by atoms with Crippen molar-refractivity contribution >= 4 is 22.1 Å². The Balaban J connectivity index is 1.60. The van der Waals surface area contributed by atoms with E-state index in [4.69, 9.17) is 9.47 Å². The zero-order valence-electron chi connectivity index (χ0n) is 16.6. The number of nitrogens with zero attached hydrogens (tertiary/aromatic N) is 1. The van der Waals surface area contributed by atoms with Crippen molar-refractivity contribution in [3.8, 4) is 33.1 Å². The number of benzene rings is 3. The standard InChI is InChI=1S/C25H23NO2S/c1-26(2)11-12-27-16-19-15-21-20-9-5-6-10-23(20)28-24-14-18-8-4-3-7-17(18)13-22(24)25(21)29-19/h3-10,13-15H,11-12,16H2,1-2H3. The highest BCUT2D eigenvalue weighted by molar-refractivity contribution is 7.16. The number of thiophene rings is 1. The minimum Gasteiger partial charge on any atom is -0.456 e. The Bertz CT molecular complexity index is 1180. The van der Waals surface area contributed by atoms with Crippen LogP contribution in [0, 0.1) is 0 Å². The number of fused-ring (bicyclic) bond motifs is 6. The van der Waals surface area contributed by atoms with Gasteiger partial charge in [-0.05, 0) is 49.1 Å². The number of rotatable bonds is 5. The van der Waals surface area contributed by atoms with Crippen molar-refractivity contribution < 1.29 is 9.47 Å². The Hall–Kier alpha value is -2.66. The first kappa shape index (κ1) is 18.4. The van der Waals surface area contributed by atoms with E-state index in [1.165, 1.54) is 26.1 Å². The first-order valence-electron chi connectivity index (χ1n) is 9.84. The van der Waals surface area contributed by atoms with Gasteiger partial charge in [0.2, 0.25) is 0 Å². The van der Waals surface area contributed by atoms with Crippen molar-refractivity contribution in [3.05, 3.63) is 71.6 Å². The fourth-order valence-electron chi connectivity index (χ4n) is 3.71. The molecule has 0 fully saturated rings. The minimum absolute atomic E-state index is 0.636. The van der Waals surface area contributed by atoms with Gasteiger partial charge < -0.3 is 14.4 Å². The molecular formula is C25H23NO2S. The van der Waals surface area contributed by atoms with Gasteiger partial charge in [0, 0.05) is 33.0 Å². The molecule has 2 heterocycles. The third kappa shape index (κ3) is 3.55. The normalized spacial score (nSPS) is 12.2. The summed E-state index contributed by atoms with van der Waals surface area (Å²) in [5.74, 6) is 1.82. The molecule has 4 heteroatoms. The number of likely N-dealkylation sites (N-methyl/N-ethyl adjacent to an activating group) is 1. The highest BCUT2D eigenvalue weighted by Gasteiger charge is 2.23. The van der Waals surface area contributed by atoms with Gasteiger partial charge in [-0.3, -0.25) is 0 Å². The van der Waals surface area contributed by atoms with Gasteiger partial charge in [-0.2, -0.15) is 0 Å². The van der Waals surface area contributed by atoms with E-state index in [-0.39, 0.29) is 0 Å². The van der Waals surface area contributed by atoms with E-state index >= 15 is 0 Å². The Labute approximate surface area is 175 Å². The summed E-state index contributed by atoms with van der Waals surface area (Å²) in [6.07, 6.45) is 0. The van der Waals surface area contributed by atoms with Crippen LogP contribution in [0.15, 0.2) is 66.7 Å². The SMILES string of the molecule is CN(C)CCOCc1cc2c(s1)-c1cc3ccccc3cc1Oc1ccccc1-2. The zero-order valence-corrected chi connectivity index (χ0v) is 17.5. The summed E-state index contributed by atoms with van der Waals surface area (Å²) in [5, 5.41) is 2.42. The molecule has 1 aliphatic heterocycles. The number of ether oxygens (including phenoxy) is 2. The number of hydrogen-bond donors (Lipinski definition) is 0. The van der Waals surface area contributed by atoms with E-state index in [0.717, 1.165) is 35.8 Å². The molecule has 0 spiro atoms. The van der Waals surface area contributed by atoms with Crippen LogP contribution in [-0.2, 0) is 11.3 Å². The lowest BCUT2D eigenvalue weighted by Gasteiger charge is -2.11. The van der Waals surface area contributed by atoms with Crippen LogP contribution in [0.3, 0.4) is 0 Å². The van der Waals surface area contributed by atoms with Crippen LogP contribution >= 0.6 is 11.3 Å². The maximum absolute atomic E-state index is 6.39. The summed E-state index contributed by atoms with van der Waals surface area (Å²) in [7, 11) is 4.13. The van der Waals surface area contributed by atoms with Crippen molar-refractivity contribution in [2.45, 2.75) is 6.61 Å². The Morgan fingerprint density at radius 1 is 0.828 bits per heavy atom. The van der Waals surface area contributed by atoms with E-state index in [0.29, 0.717) is 6.61 Å². The molecule has 0 saturated carbocycles. The lowest BCUT2D eigenvalue weighted by molar-refractivity contribution is 0.107. The molecule has 5 rings (SSSR count). The summed E-state index contributed by atoms with van der Waals surface area (Å²) in [6, 6.07) is 23.4. The average Bonchev–Trinajstić information content (AvgIpc) is 3.10. The lowest BCUT2D eigenvalue weighted by atomic mass is 10.0. The molecule has 4 aromatic rings. The van der Waals surface area contributed by atoms with E-state index in [1.54, 1.807) is 11.3 Å². The zero-order chi connectivity index (χ0) is 19.8. The van der Waals surface area contributed by atoms with Crippen molar-refractivity contribution in [2.75, 3.05) is 27.2 Å². The second-order valence-corrected chi connectivity index (χ2v) is 8.74. The monoisotopic (exact) mass is 401 g/mol. The lowest BCUT2D eigenvalue weighted by Crippen LogP contribution is -2.17. The molecule has 1 aliphatic rings. The second kappa shape index (κ2) is 7.64. The van der Waals surface area contributed by atoms with Gasteiger partial charge in [-0.25, -0.2) is 0 Å². The second-order valence-electron chi connectivity index (χ2n) is 7.61. The smallest absolute Gasteiger partial charge is 0.136 e. The first-order chi connectivity index (χ1) is 14.2. The van der Waals surface area contributed by atoms with Crippen molar-refractivity contribution in [3.63, 3.8) is 0 Å². The summed E-state index contributed by atoms with van der Waals surface area (Å²) < 4.78 is 12.3. The van der Waals surface area contributed by atoms with Gasteiger partial charge in [0.05, 0.1) is 13.2 Å². The quantitative estimate of drug-likeness (QED) is 0.317. The van der Waals surface area contributed by atoms with E-state index in [1.807, 2.05) is 12.1 Å². The predicted molar refractivity (Wildman–Crippen MR) is 121 cm³/mol. The third-order valence-corrected chi connectivity index (χ3v) is 6.34. The van der Waals surface area contributed by atoms with Crippen molar-refractivity contribution in [1.82, 2.24) is 4.90 Å². The van der Waals surface area contributed by atoms with Gasteiger partial charge in [-0.15, -0.1) is 11.3 Å². The Morgan fingerprint density at radius 3 is 2.41 bits per heavy atom. The van der Waals surface area contributed by atoms with Gasteiger partial charge >= 0.3 is 0 Å². The van der Waals surface area contributed by atoms with Gasteiger partial charge in [0.15, 0.2) is 0 Å². The number of para-hydroxylation sites is 1. The van der Waals surface area contributed by atoms with E-state index in [2.05, 4.69) is 73.6 Å². The molecule has 3 nitrogen and oxygen atoms in total. The minimum atomic E-state index is 0.636. The molecule has 0 bridgehead atoms. The number of hydrogen-bond acceptors (Lipinski definition) is 4.